The second kappa shape index (κ2) is 7.26. The zero-order valence-corrected chi connectivity index (χ0v) is 13.9. The average Bonchev–Trinajstić information content (AvgIpc) is 2.91. The second-order valence-electron chi connectivity index (χ2n) is 6.81. The topological polar surface area (TPSA) is 32.3 Å². The highest BCUT2D eigenvalue weighted by molar-refractivity contribution is 5.87. The molecule has 2 fully saturated rings. The Hall–Kier alpha value is -1.09. The molecule has 1 N–H and O–H groups in total. The number of allylic oxidation sites excluding steroid dienone is 3. The molecule has 1 spiro atoms. The molecule has 1 aliphatic carbocycles. The van der Waals surface area contributed by atoms with Crippen LogP contribution in [-0.4, -0.2) is 36.0 Å². The van der Waals surface area contributed by atoms with Crippen molar-refractivity contribution < 1.29 is 4.79 Å². The summed E-state index contributed by atoms with van der Waals surface area (Å²) in [5, 5.41) is 3.07. The summed E-state index contributed by atoms with van der Waals surface area (Å²) in [6.45, 7) is 9.22. The fraction of sp³-hybridized carbons (Fsp3) is 0.722. The summed E-state index contributed by atoms with van der Waals surface area (Å²) in [4.78, 5) is 14.8. The molecule has 1 saturated carbocycles. The van der Waals surface area contributed by atoms with E-state index < -0.39 is 0 Å². The number of carbonyl (C=O) groups excluding carboxylic acids is 1. The predicted octanol–water partition coefficient (Wildman–Crippen LogP) is 3.42. The van der Waals surface area contributed by atoms with Crippen molar-refractivity contribution in [3.8, 4) is 0 Å². The summed E-state index contributed by atoms with van der Waals surface area (Å²) in [5.74, 6) is 0.266. The number of amides is 1. The van der Waals surface area contributed by atoms with Crippen molar-refractivity contribution >= 4 is 5.91 Å². The molecule has 21 heavy (non-hydrogen) atoms. The lowest BCUT2D eigenvalue weighted by Gasteiger charge is -2.43. The van der Waals surface area contributed by atoms with E-state index in [0.717, 1.165) is 45.3 Å². The Morgan fingerprint density at radius 2 is 1.95 bits per heavy atom. The lowest BCUT2D eigenvalue weighted by molar-refractivity contribution is -0.136. The molecule has 118 valence electrons. The van der Waals surface area contributed by atoms with Gasteiger partial charge in [-0.3, -0.25) is 9.69 Å². The summed E-state index contributed by atoms with van der Waals surface area (Å²) in [7, 11) is 0. The number of rotatable bonds is 5. The van der Waals surface area contributed by atoms with E-state index in [1.54, 1.807) is 0 Å². The third-order valence-electron chi connectivity index (χ3n) is 4.88. The van der Waals surface area contributed by atoms with Crippen LogP contribution in [0, 0.1) is 0 Å². The first-order valence-corrected chi connectivity index (χ1v) is 8.37. The van der Waals surface area contributed by atoms with Crippen LogP contribution in [0.5, 0.6) is 0 Å². The number of nitrogens with one attached hydrogen (secondary N) is 1. The van der Waals surface area contributed by atoms with Crippen LogP contribution in [0.1, 0.15) is 59.3 Å². The van der Waals surface area contributed by atoms with Gasteiger partial charge in [0, 0.05) is 19.6 Å². The monoisotopic (exact) mass is 290 g/mol. The van der Waals surface area contributed by atoms with E-state index in [9.17, 15) is 4.79 Å². The van der Waals surface area contributed by atoms with Gasteiger partial charge >= 0.3 is 0 Å². The number of nitrogens with zero attached hydrogens (tertiary/aromatic N) is 1. The summed E-state index contributed by atoms with van der Waals surface area (Å²) >= 11 is 0. The summed E-state index contributed by atoms with van der Waals surface area (Å²) in [5.41, 5.74) is 2.63. The molecule has 0 atom stereocenters. The third-order valence-corrected chi connectivity index (χ3v) is 4.88. The molecule has 2 aliphatic rings. The molecule has 0 radical (unpaired) electrons. The highest BCUT2D eigenvalue weighted by atomic mass is 16.2. The zero-order chi connectivity index (χ0) is 15.3. The van der Waals surface area contributed by atoms with Gasteiger partial charge in [0.25, 0.3) is 0 Å². The quantitative estimate of drug-likeness (QED) is 0.787. The molecule has 0 aromatic carbocycles. The maximum atomic E-state index is 12.3. The van der Waals surface area contributed by atoms with Crippen molar-refractivity contribution in [2.24, 2.45) is 0 Å². The fourth-order valence-corrected chi connectivity index (χ4v) is 3.55. The normalized spacial score (nSPS) is 22.4. The Balaban J connectivity index is 1.94. The van der Waals surface area contributed by atoms with E-state index in [4.69, 9.17) is 0 Å². The van der Waals surface area contributed by atoms with E-state index >= 15 is 0 Å². The first-order chi connectivity index (χ1) is 10.0. The maximum Gasteiger partial charge on any atom is 0.240 e. The van der Waals surface area contributed by atoms with Crippen molar-refractivity contribution in [3.63, 3.8) is 0 Å². The van der Waals surface area contributed by atoms with E-state index in [1.165, 1.54) is 24.0 Å². The molecule has 1 heterocycles. The molecule has 1 amide bonds. The molecule has 0 unspecified atom stereocenters. The standard InChI is InChI=1S/C18H30N2O/c1-15(2)7-6-8-16(3)9-13-20-14-12-19-17(21)18(20)10-4-5-11-18/h7,9H,4-6,8,10-14H2,1-3H3,(H,19,21)/b16-9+. The van der Waals surface area contributed by atoms with Gasteiger partial charge in [0.15, 0.2) is 0 Å². The molecule has 3 nitrogen and oxygen atoms in total. The average molecular weight is 290 g/mol. The van der Waals surface area contributed by atoms with Crippen LogP contribution in [0.25, 0.3) is 0 Å². The minimum Gasteiger partial charge on any atom is -0.353 e. The molecule has 2 rings (SSSR count). The number of hydrogen-bond donors (Lipinski definition) is 1. The summed E-state index contributed by atoms with van der Waals surface area (Å²) in [6.07, 6.45) is 11.3. The maximum absolute atomic E-state index is 12.3. The fourth-order valence-electron chi connectivity index (χ4n) is 3.55. The van der Waals surface area contributed by atoms with Crippen molar-refractivity contribution in [1.29, 1.82) is 0 Å². The van der Waals surface area contributed by atoms with Crippen LogP contribution < -0.4 is 5.32 Å². The third kappa shape index (κ3) is 3.97. The van der Waals surface area contributed by atoms with Crippen molar-refractivity contribution in [2.75, 3.05) is 19.6 Å². The Bertz CT molecular complexity index is 426. The zero-order valence-electron chi connectivity index (χ0n) is 13.9. The van der Waals surface area contributed by atoms with Gasteiger partial charge in [-0.2, -0.15) is 0 Å². The van der Waals surface area contributed by atoms with Crippen molar-refractivity contribution in [1.82, 2.24) is 10.2 Å². The Labute approximate surface area is 129 Å². The second-order valence-corrected chi connectivity index (χ2v) is 6.81. The molecule has 1 saturated heterocycles. The van der Waals surface area contributed by atoms with E-state index in [0.29, 0.717) is 0 Å². The molecular formula is C18H30N2O. The SMILES string of the molecule is CC(C)=CCC/C(C)=C/CN1CCNC(=O)C12CCCC2. The first-order valence-electron chi connectivity index (χ1n) is 8.37. The summed E-state index contributed by atoms with van der Waals surface area (Å²) in [6, 6.07) is 0. The van der Waals surface area contributed by atoms with Crippen molar-refractivity contribution in [2.45, 2.75) is 64.8 Å². The number of carbonyl (C=O) groups is 1. The predicted molar refractivity (Wildman–Crippen MR) is 88.2 cm³/mol. The molecule has 3 heteroatoms. The number of piperazine rings is 1. The highest BCUT2D eigenvalue weighted by Gasteiger charge is 2.47. The van der Waals surface area contributed by atoms with Gasteiger partial charge in [0.1, 0.15) is 5.54 Å². The Morgan fingerprint density at radius 1 is 1.24 bits per heavy atom. The molecule has 0 bridgehead atoms. The smallest absolute Gasteiger partial charge is 0.240 e. The number of hydrogen-bond acceptors (Lipinski definition) is 2. The molecular weight excluding hydrogens is 260 g/mol. The molecule has 0 aromatic rings. The van der Waals surface area contributed by atoms with Gasteiger partial charge in [0.05, 0.1) is 0 Å². The Kier molecular flexibility index (Phi) is 5.63. The van der Waals surface area contributed by atoms with E-state index in [1.807, 2.05) is 0 Å². The van der Waals surface area contributed by atoms with Crippen LogP contribution in [-0.2, 0) is 4.79 Å². The van der Waals surface area contributed by atoms with Crippen molar-refractivity contribution in [3.05, 3.63) is 23.3 Å². The van der Waals surface area contributed by atoms with E-state index in [2.05, 4.69) is 43.1 Å². The minimum atomic E-state index is -0.199. The first kappa shape index (κ1) is 16.3. The van der Waals surface area contributed by atoms with Crippen LogP contribution >= 0.6 is 0 Å². The lowest BCUT2D eigenvalue weighted by Crippen LogP contribution is -2.63. The minimum absolute atomic E-state index is 0.199. The molecule has 0 aromatic heterocycles. The Morgan fingerprint density at radius 3 is 2.62 bits per heavy atom. The van der Waals surface area contributed by atoms with Crippen LogP contribution in [0.4, 0.5) is 0 Å². The van der Waals surface area contributed by atoms with Gasteiger partial charge < -0.3 is 5.32 Å². The van der Waals surface area contributed by atoms with Crippen LogP contribution in [0.3, 0.4) is 0 Å². The largest absolute Gasteiger partial charge is 0.353 e. The van der Waals surface area contributed by atoms with Gasteiger partial charge in [-0.15, -0.1) is 0 Å². The molecule has 1 aliphatic heterocycles. The summed E-state index contributed by atoms with van der Waals surface area (Å²) < 4.78 is 0. The van der Waals surface area contributed by atoms with Gasteiger partial charge in [-0.1, -0.05) is 36.1 Å². The van der Waals surface area contributed by atoms with E-state index in [-0.39, 0.29) is 11.4 Å². The van der Waals surface area contributed by atoms with Crippen LogP contribution in [0.2, 0.25) is 0 Å². The lowest BCUT2D eigenvalue weighted by atomic mass is 9.91. The van der Waals surface area contributed by atoms with Gasteiger partial charge in [-0.05, 0) is 46.5 Å². The highest BCUT2D eigenvalue weighted by Crippen LogP contribution is 2.36. The van der Waals surface area contributed by atoms with Gasteiger partial charge in [-0.25, -0.2) is 0 Å². The van der Waals surface area contributed by atoms with Crippen LogP contribution in [0.15, 0.2) is 23.3 Å². The van der Waals surface area contributed by atoms with Gasteiger partial charge in [0.2, 0.25) is 5.91 Å².